The van der Waals surface area contributed by atoms with E-state index in [9.17, 15) is 8.42 Å². The number of sulfonamides is 1. The smallest absolute Gasteiger partial charge is 0.253 e. The van der Waals surface area contributed by atoms with E-state index in [-0.39, 0.29) is 6.04 Å². The lowest BCUT2D eigenvalue weighted by Crippen LogP contribution is -2.30. The number of hydrogen-bond acceptors (Lipinski definition) is 5. The lowest BCUT2D eigenvalue weighted by molar-refractivity contribution is 0.362. The number of thiophene rings is 1. The average Bonchev–Trinajstić information content (AvgIpc) is 3.25. The Balaban J connectivity index is 2.03. The zero-order valence-corrected chi connectivity index (χ0v) is 14.7. The first kappa shape index (κ1) is 16.3. The minimum Gasteiger partial charge on any atom is -0.497 e. The summed E-state index contributed by atoms with van der Waals surface area (Å²) in [6.45, 7) is 0.519. The first-order valence-corrected chi connectivity index (χ1v) is 9.67. The molecule has 0 saturated carbocycles. The Kier molecular flexibility index (Phi) is 4.61. The predicted octanol–water partition coefficient (Wildman–Crippen LogP) is 3.29. The summed E-state index contributed by atoms with van der Waals surface area (Å²) >= 11 is 1.25. The fourth-order valence-electron chi connectivity index (χ4n) is 2.96. The maximum absolute atomic E-state index is 12.9. The summed E-state index contributed by atoms with van der Waals surface area (Å²) in [6.07, 6.45) is 1.60. The molecule has 7 heteroatoms. The van der Waals surface area contributed by atoms with Crippen LogP contribution in [0.15, 0.2) is 39.9 Å². The highest BCUT2D eigenvalue weighted by Crippen LogP contribution is 2.42. The number of hydrogen-bond donors (Lipinski definition) is 0. The standard InChI is InChI=1S/C16H19NO4S2/c1-20-12-7-8-15(21-2)13(11-12)14-5-3-9-17(14)23(18,19)16-6-4-10-22-16/h4,6-8,10-11,14H,3,5,9H2,1-2H3/t14-/m0/s1. The Morgan fingerprint density at radius 1 is 1.22 bits per heavy atom. The van der Waals surface area contributed by atoms with Gasteiger partial charge in [-0.15, -0.1) is 11.3 Å². The quantitative estimate of drug-likeness (QED) is 0.828. The fourth-order valence-corrected chi connectivity index (χ4v) is 5.76. The van der Waals surface area contributed by atoms with Crippen LogP contribution in [-0.2, 0) is 10.0 Å². The van der Waals surface area contributed by atoms with Gasteiger partial charge in [0.15, 0.2) is 0 Å². The molecule has 1 fully saturated rings. The lowest BCUT2D eigenvalue weighted by atomic mass is 10.0. The van der Waals surface area contributed by atoms with E-state index >= 15 is 0 Å². The number of benzene rings is 1. The third kappa shape index (κ3) is 2.96. The minimum absolute atomic E-state index is 0.229. The maximum Gasteiger partial charge on any atom is 0.253 e. The van der Waals surface area contributed by atoms with Crippen molar-refractivity contribution in [1.29, 1.82) is 0 Å². The highest BCUT2D eigenvalue weighted by molar-refractivity contribution is 7.91. The van der Waals surface area contributed by atoms with Crippen LogP contribution < -0.4 is 9.47 Å². The van der Waals surface area contributed by atoms with Crippen LogP contribution in [-0.4, -0.2) is 33.5 Å². The van der Waals surface area contributed by atoms with Gasteiger partial charge in [0.2, 0.25) is 0 Å². The van der Waals surface area contributed by atoms with Crippen molar-refractivity contribution < 1.29 is 17.9 Å². The van der Waals surface area contributed by atoms with Gasteiger partial charge in [-0.1, -0.05) is 6.07 Å². The molecule has 124 valence electrons. The second-order valence-electron chi connectivity index (χ2n) is 5.31. The van der Waals surface area contributed by atoms with Gasteiger partial charge in [-0.2, -0.15) is 4.31 Å². The van der Waals surface area contributed by atoms with E-state index in [0.717, 1.165) is 18.4 Å². The molecule has 0 aliphatic carbocycles. The molecule has 1 aromatic heterocycles. The lowest BCUT2D eigenvalue weighted by Gasteiger charge is -2.25. The van der Waals surface area contributed by atoms with Crippen LogP contribution in [0, 0.1) is 0 Å². The molecule has 5 nitrogen and oxygen atoms in total. The molecular formula is C16H19NO4S2. The van der Waals surface area contributed by atoms with Crippen molar-refractivity contribution in [2.24, 2.45) is 0 Å². The molecule has 1 atom stereocenters. The van der Waals surface area contributed by atoms with Crippen molar-refractivity contribution in [3.05, 3.63) is 41.3 Å². The van der Waals surface area contributed by atoms with Gasteiger partial charge in [0, 0.05) is 12.1 Å². The maximum atomic E-state index is 12.9. The van der Waals surface area contributed by atoms with Gasteiger partial charge in [0.05, 0.1) is 20.3 Å². The highest BCUT2D eigenvalue weighted by atomic mass is 32.2. The second kappa shape index (κ2) is 6.51. The van der Waals surface area contributed by atoms with Gasteiger partial charge in [0.25, 0.3) is 10.0 Å². The normalized spacial score (nSPS) is 19.0. The van der Waals surface area contributed by atoms with Crippen LogP contribution in [0.2, 0.25) is 0 Å². The van der Waals surface area contributed by atoms with Crippen LogP contribution in [0.1, 0.15) is 24.4 Å². The van der Waals surface area contributed by atoms with Crippen LogP contribution >= 0.6 is 11.3 Å². The van der Waals surface area contributed by atoms with Crippen LogP contribution in [0.5, 0.6) is 11.5 Å². The minimum atomic E-state index is -3.48. The molecule has 1 aromatic carbocycles. The van der Waals surface area contributed by atoms with Crippen LogP contribution in [0.25, 0.3) is 0 Å². The molecule has 1 aliphatic heterocycles. The Labute approximate surface area is 140 Å². The average molecular weight is 353 g/mol. The van der Waals surface area contributed by atoms with Gasteiger partial charge in [0.1, 0.15) is 15.7 Å². The Bertz CT molecular complexity index is 771. The Hall–Kier alpha value is -1.57. The number of rotatable bonds is 5. The molecule has 0 bridgehead atoms. The highest BCUT2D eigenvalue weighted by Gasteiger charge is 2.38. The predicted molar refractivity (Wildman–Crippen MR) is 89.7 cm³/mol. The van der Waals surface area contributed by atoms with Crippen molar-refractivity contribution in [3.8, 4) is 11.5 Å². The van der Waals surface area contributed by atoms with Gasteiger partial charge in [-0.3, -0.25) is 0 Å². The number of nitrogens with zero attached hydrogens (tertiary/aromatic N) is 1. The molecule has 1 aliphatic rings. The monoisotopic (exact) mass is 353 g/mol. The molecular weight excluding hydrogens is 334 g/mol. The summed E-state index contributed by atoms with van der Waals surface area (Å²) in [5.41, 5.74) is 0.851. The molecule has 0 unspecified atom stereocenters. The van der Waals surface area contributed by atoms with Crippen molar-refractivity contribution in [3.63, 3.8) is 0 Å². The number of methoxy groups -OCH3 is 2. The molecule has 2 aromatic rings. The largest absolute Gasteiger partial charge is 0.497 e. The molecule has 2 heterocycles. The molecule has 0 N–H and O–H groups in total. The van der Waals surface area contributed by atoms with Crippen molar-refractivity contribution in [1.82, 2.24) is 4.31 Å². The first-order chi connectivity index (χ1) is 11.1. The summed E-state index contributed by atoms with van der Waals surface area (Å²) < 4.78 is 38.5. The van der Waals surface area contributed by atoms with E-state index in [2.05, 4.69) is 0 Å². The van der Waals surface area contributed by atoms with Crippen molar-refractivity contribution in [2.45, 2.75) is 23.1 Å². The topological polar surface area (TPSA) is 55.8 Å². The summed E-state index contributed by atoms with van der Waals surface area (Å²) in [4.78, 5) is 0. The van der Waals surface area contributed by atoms with E-state index in [1.54, 1.807) is 36.0 Å². The third-order valence-corrected chi connectivity index (χ3v) is 7.34. The summed E-state index contributed by atoms with van der Waals surface area (Å²) in [6, 6.07) is 8.68. The first-order valence-electron chi connectivity index (χ1n) is 7.35. The molecule has 0 radical (unpaired) electrons. The van der Waals surface area contributed by atoms with Crippen LogP contribution in [0.4, 0.5) is 0 Å². The molecule has 3 rings (SSSR count). The van der Waals surface area contributed by atoms with Crippen molar-refractivity contribution >= 4 is 21.4 Å². The van der Waals surface area contributed by atoms with Gasteiger partial charge in [-0.05, 0) is 42.5 Å². The van der Waals surface area contributed by atoms with Gasteiger partial charge >= 0.3 is 0 Å². The summed E-state index contributed by atoms with van der Waals surface area (Å²) in [7, 11) is -0.289. The van der Waals surface area contributed by atoms with E-state index in [1.165, 1.54) is 11.3 Å². The van der Waals surface area contributed by atoms with E-state index in [1.807, 2.05) is 18.2 Å². The Morgan fingerprint density at radius 2 is 2.04 bits per heavy atom. The zero-order valence-electron chi connectivity index (χ0n) is 13.1. The van der Waals surface area contributed by atoms with Crippen LogP contribution in [0.3, 0.4) is 0 Å². The van der Waals surface area contributed by atoms with Gasteiger partial charge in [-0.25, -0.2) is 8.42 Å². The van der Waals surface area contributed by atoms with Gasteiger partial charge < -0.3 is 9.47 Å². The molecule has 0 amide bonds. The number of ether oxygens (including phenoxy) is 2. The Morgan fingerprint density at radius 3 is 2.70 bits per heavy atom. The fraction of sp³-hybridized carbons (Fsp3) is 0.375. The summed E-state index contributed by atoms with van der Waals surface area (Å²) in [5.74, 6) is 1.38. The second-order valence-corrected chi connectivity index (χ2v) is 8.38. The molecule has 0 spiro atoms. The third-order valence-electron chi connectivity index (χ3n) is 4.06. The van der Waals surface area contributed by atoms with E-state index < -0.39 is 10.0 Å². The SMILES string of the molecule is COc1ccc(OC)c([C@@H]2CCCN2S(=O)(=O)c2cccs2)c1. The summed E-state index contributed by atoms with van der Waals surface area (Å²) in [5, 5.41) is 1.78. The zero-order chi connectivity index (χ0) is 16.4. The molecule has 23 heavy (non-hydrogen) atoms. The van der Waals surface area contributed by atoms with E-state index in [0.29, 0.717) is 22.3 Å². The molecule has 1 saturated heterocycles. The van der Waals surface area contributed by atoms with Crippen molar-refractivity contribution in [2.75, 3.05) is 20.8 Å². The van der Waals surface area contributed by atoms with E-state index in [4.69, 9.17) is 9.47 Å².